The second-order valence-electron chi connectivity index (χ2n) is 8.50. The number of carbonyl (C=O) groups is 2. The summed E-state index contributed by atoms with van der Waals surface area (Å²) in [5.41, 5.74) is 8.67. The third kappa shape index (κ3) is 7.69. The van der Waals surface area contributed by atoms with Gasteiger partial charge in [-0.25, -0.2) is 0 Å². The molecule has 4 N–H and O–H groups in total. The molecule has 1 atom stereocenters. The number of amides is 2. The number of nitrogens with zero attached hydrogens (tertiary/aromatic N) is 1. The largest absolute Gasteiger partial charge is 0.484 e. The Bertz CT molecular complexity index is 1200. The molecule has 0 aromatic heterocycles. The maximum atomic E-state index is 13.2. The quantitative estimate of drug-likeness (QED) is 0.331. The molecule has 0 bridgehead atoms. The molecule has 0 saturated heterocycles. The van der Waals surface area contributed by atoms with E-state index < -0.39 is 0 Å². The van der Waals surface area contributed by atoms with Gasteiger partial charge in [0.05, 0.1) is 17.7 Å². The van der Waals surface area contributed by atoms with Crippen LogP contribution in [-0.2, 0) is 4.79 Å². The van der Waals surface area contributed by atoms with Crippen LogP contribution in [0.5, 0.6) is 5.75 Å². The molecule has 36 heavy (non-hydrogen) atoms. The van der Waals surface area contributed by atoms with E-state index >= 15 is 0 Å². The summed E-state index contributed by atoms with van der Waals surface area (Å²) in [4.78, 5) is 25.4. The Hall–Kier alpha value is -4.15. The number of nitrogens with one attached hydrogen (secondary N) is 2. The number of nitriles is 1. The predicted octanol–water partition coefficient (Wildman–Crippen LogP) is 4.34. The van der Waals surface area contributed by atoms with E-state index in [0.29, 0.717) is 41.1 Å². The molecule has 0 aliphatic rings. The van der Waals surface area contributed by atoms with Gasteiger partial charge in [0.15, 0.2) is 6.61 Å². The van der Waals surface area contributed by atoms with Crippen LogP contribution in [0.15, 0.2) is 72.8 Å². The maximum Gasteiger partial charge on any atom is 0.257 e. The molecule has 186 valence electrons. The molecule has 0 fully saturated rings. The van der Waals surface area contributed by atoms with Crippen LogP contribution in [0, 0.1) is 11.3 Å². The second-order valence-corrected chi connectivity index (χ2v) is 8.50. The van der Waals surface area contributed by atoms with Crippen molar-refractivity contribution in [3.8, 4) is 22.9 Å². The topological polar surface area (TPSA) is 117 Å². The zero-order valence-corrected chi connectivity index (χ0v) is 20.5. The summed E-state index contributed by atoms with van der Waals surface area (Å²) in [5.74, 6) is -0.151. The molecule has 7 nitrogen and oxygen atoms in total. The molecule has 1 unspecified atom stereocenters. The highest BCUT2D eigenvalue weighted by Gasteiger charge is 2.16. The van der Waals surface area contributed by atoms with Crippen LogP contribution in [0.1, 0.15) is 53.7 Å². The van der Waals surface area contributed by atoms with Crippen molar-refractivity contribution in [1.29, 1.82) is 5.26 Å². The lowest BCUT2D eigenvalue weighted by molar-refractivity contribution is -0.123. The molecule has 0 spiro atoms. The minimum absolute atomic E-state index is 0.179. The summed E-state index contributed by atoms with van der Waals surface area (Å²) in [5, 5.41) is 15.4. The minimum atomic E-state index is -0.281. The van der Waals surface area contributed by atoms with Crippen LogP contribution in [-0.4, -0.2) is 31.5 Å². The van der Waals surface area contributed by atoms with Gasteiger partial charge in [0, 0.05) is 12.1 Å². The van der Waals surface area contributed by atoms with E-state index in [1.807, 2.05) is 49.4 Å². The zero-order chi connectivity index (χ0) is 25.8. The van der Waals surface area contributed by atoms with E-state index in [1.165, 1.54) is 0 Å². The van der Waals surface area contributed by atoms with Crippen LogP contribution >= 0.6 is 0 Å². The SMILES string of the molecule is CC(NC(=O)c1cc(OCC(=O)NCCCCCN)cc(-c2ccccc2C#N)c1)c1ccccc1. The van der Waals surface area contributed by atoms with Crippen LogP contribution in [0.25, 0.3) is 11.1 Å². The van der Waals surface area contributed by atoms with Gasteiger partial charge in [-0.3, -0.25) is 9.59 Å². The lowest BCUT2D eigenvalue weighted by Crippen LogP contribution is -2.30. The number of nitrogens with two attached hydrogens (primary N) is 1. The predicted molar refractivity (Wildman–Crippen MR) is 140 cm³/mol. The van der Waals surface area contributed by atoms with Crippen LogP contribution in [0.4, 0.5) is 0 Å². The molecule has 0 aliphatic heterocycles. The van der Waals surface area contributed by atoms with Crippen molar-refractivity contribution in [1.82, 2.24) is 10.6 Å². The van der Waals surface area contributed by atoms with E-state index in [1.54, 1.807) is 30.3 Å². The normalized spacial score (nSPS) is 11.2. The van der Waals surface area contributed by atoms with E-state index in [2.05, 4.69) is 16.7 Å². The summed E-state index contributed by atoms with van der Waals surface area (Å²) in [6.07, 6.45) is 2.74. The number of hydrogen-bond donors (Lipinski definition) is 3. The van der Waals surface area contributed by atoms with Gasteiger partial charge in [0.25, 0.3) is 11.8 Å². The first kappa shape index (κ1) is 26.5. The highest BCUT2D eigenvalue weighted by Crippen LogP contribution is 2.29. The van der Waals surface area contributed by atoms with Gasteiger partial charge in [0.2, 0.25) is 0 Å². The van der Waals surface area contributed by atoms with Crippen molar-refractivity contribution in [3.05, 3.63) is 89.5 Å². The molecule has 7 heteroatoms. The van der Waals surface area contributed by atoms with E-state index in [4.69, 9.17) is 10.5 Å². The van der Waals surface area contributed by atoms with Gasteiger partial charge in [0.1, 0.15) is 5.75 Å². The van der Waals surface area contributed by atoms with Crippen LogP contribution in [0.2, 0.25) is 0 Å². The Morgan fingerprint density at radius 2 is 1.75 bits per heavy atom. The van der Waals surface area contributed by atoms with Crippen molar-refractivity contribution >= 4 is 11.8 Å². The van der Waals surface area contributed by atoms with Crippen molar-refractivity contribution in [2.75, 3.05) is 19.7 Å². The van der Waals surface area contributed by atoms with Crippen molar-refractivity contribution in [3.63, 3.8) is 0 Å². The number of rotatable bonds is 12. The van der Waals surface area contributed by atoms with Gasteiger partial charge in [-0.2, -0.15) is 5.26 Å². The zero-order valence-electron chi connectivity index (χ0n) is 20.5. The first-order valence-electron chi connectivity index (χ1n) is 12.1. The standard InChI is InChI=1S/C29H32N4O3/c1-21(22-10-4-2-5-11-22)33-29(35)25-16-24(27-13-7-6-12-23(27)19-31)17-26(18-25)36-20-28(34)32-15-9-3-8-14-30/h2,4-7,10-13,16-18,21H,3,8-9,14-15,20,30H2,1H3,(H,32,34)(H,33,35). The molecule has 3 aromatic carbocycles. The summed E-state index contributed by atoms with van der Waals surface area (Å²) in [6.45, 7) is 2.93. The molecule has 0 radical (unpaired) electrons. The molecule has 0 heterocycles. The maximum absolute atomic E-state index is 13.2. The first-order valence-corrected chi connectivity index (χ1v) is 12.1. The Balaban J connectivity index is 1.79. The first-order chi connectivity index (χ1) is 17.5. The van der Waals surface area contributed by atoms with E-state index in [9.17, 15) is 14.9 Å². The Labute approximate surface area is 212 Å². The molecule has 0 saturated carbocycles. The molecule has 2 amide bonds. The van der Waals surface area contributed by atoms with Gasteiger partial charge in [-0.1, -0.05) is 55.0 Å². The number of ether oxygens (including phenoxy) is 1. The highest BCUT2D eigenvalue weighted by molar-refractivity contribution is 5.96. The fraction of sp³-hybridized carbons (Fsp3) is 0.276. The van der Waals surface area contributed by atoms with Gasteiger partial charge < -0.3 is 21.1 Å². The summed E-state index contributed by atoms with van der Waals surface area (Å²) < 4.78 is 5.77. The Kier molecular flexibility index (Phi) is 10.0. The Morgan fingerprint density at radius 1 is 1.00 bits per heavy atom. The smallest absolute Gasteiger partial charge is 0.257 e. The van der Waals surface area contributed by atoms with Gasteiger partial charge in [-0.05, 0) is 67.3 Å². The molecular formula is C29H32N4O3. The van der Waals surface area contributed by atoms with Gasteiger partial charge in [-0.15, -0.1) is 0 Å². The number of hydrogen-bond acceptors (Lipinski definition) is 5. The lowest BCUT2D eigenvalue weighted by atomic mass is 9.98. The Morgan fingerprint density at radius 3 is 2.50 bits per heavy atom. The number of benzene rings is 3. The average Bonchev–Trinajstić information content (AvgIpc) is 2.92. The number of carbonyl (C=O) groups excluding carboxylic acids is 2. The minimum Gasteiger partial charge on any atom is -0.484 e. The fourth-order valence-electron chi connectivity index (χ4n) is 3.78. The second kappa shape index (κ2) is 13.7. The summed E-state index contributed by atoms with van der Waals surface area (Å²) in [7, 11) is 0. The molecule has 3 aromatic rings. The molecular weight excluding hydrogens is 452 g/mol. The third-order valence-electron chi connectivity index (χ3n) is 5.75. The van der Waals surface area contributed by atoms with Crippen LogP contribution in [0.3, 0.4) is 0 Å². The average molecular weight is 485 g/mol. The number of unbranched alkanes of at least 4 members (excludes halogenated alkanes) is 2. The van der Waals surface area contributed by atoms with E-state index in [0.717, 1.165) is 24.8 Å². The van der Waals surface area contributed by atoms with Crippen LogP contribution < -0.4 is 21.1 Å². The van der Waals surface area contributed by atoms with E-state index in [-0.39, 0.29) is 24.5 Å². The van der Waals surface area contributed by atoms with Crippen molar-refractivity contribution < 1.29 is 14.3 Å². The van der Waals surface area contributed by atoms with Gasteiger partial charge >= 0.3 is 0 Å². The molecule has 0 aliphatic carbocycles. The summed E-state index contributed by atoms with van der Waals surface area (Å²) >= 11 is 0. The third-order valence-corrected chi connectivity index (χ3v) is 5.75. The molecule has 3 rings (SSSR count). The fourth-order valence-corrected chi connectivity index (χ4v) is 3.78. The lowest BCUT2D eigenvalue weighted by Gasteiger charge is -2.16. The highest BCUT2D eigenvalue weighted by atomic mass is 16.5. The van der Waals surface area contributed by atoms with Crippen molar-refractivity contribution in [2.24, 2.45) is 5.73 Å². The summed E-state index contributed by atoms with van der Waals surface area (Å²) in [6, 6.07) is 23.9. The van der Waals surface area contributed by atoms with Crippen molar-refractivity contribution in [2.45, 2.75) is 32.2 Å². The monoisotopic (exact) mass is 484 g/mol.